The van der Waals surface area contributed by atoms with Gasteiger partial charge in [-0.1, -0.05) is 6.07 Å². The Kier molecular flexibility index (Phi) is 7.24. The van der Waals surface area contributed by atoms with Crippen LogP contribution in [0.5, 0.6) is 5.75 Å². The van der Waals surface area contributed by atoms with Crippen LogP contribution in [0.2, 0.25) is 0 Å². The summed E-state index contributed by atoms with van der Waals surface area (Å²) in [4.78, 5) is 30.4. The van der Waals surface area contributed by atoms with Gasteiger partial charge in [0.1, 0.15) is 11.4 Å². The molecule has 0 atom stereocenters. The van der Waals surface area contributed by atoms with E-state index in [1.54, 1.807) is 31.8 Å². The van der Waals surface area contributed by atoms with Crippen molar-refractivity contribution in [1.29, 1.82) is 0 Å². The Balaban J connectivity index is 1.41. The zero-order valence-electron chi connectivity index (χ0n) is 18.6. The summed E-state index contributed by atoms with van der Waals surface area (Å²) < 4.78 is 11.0. The van der Waals surface area contributed by atoms with E-state index < -0.39 is 0 Å². The van der Waals surface area contributed by atoms with E-state index in [0.717, 1.165) is 49.5 Å². The van der Waals surface area contributed by atoms with Gasteiger partial charge in [-0.15, -0.1) is 0 Å². The number of hydrogen-bond acceptors (Lipinski definition) is 7. The molecule has 32 heavy (non-hydrogen) atoms. The molecule has 0 spiro atoms. The second-order valence-corrected chi connectivity index (χ2v) is 7.94. The molecule has 0 radical (unpaired) electrons. The smallest absolute Gasteiger partial charge is 0.251 e. The zero-order chi connectivity index (χ0) is 22.3. The Morgan fingerprint density at radius 1 is 1.19 bits per heavy atom. The Labute approximate surface area is 187 Å². The molecule has 8 nitrogen and oxygen atoms in total. The quantitative estimate of drug-likeness (QED) is 0.581. The molecule has 1 aliphatic rings. The third-order valence-corrected chi connectivity index (χ3v) is 5.79. The Morgan fingerprint density at radius 2 is 2.03 bits per heavy atom. The van der Waals surface area contributed by atoms with E-state index in [0.29, 0.717) is 24.7 Å². The van der Waals surface area contributed by atoms with E-state index in [1.807, 2.05) is 13.0 Å². The number of piperidine rings is 1. The molecule has 0 amide bonds. The summed E-state index contributed by atoms with van der Waals surface area (Å²) in [6, 6.07) is 7.92. The van der Waals surface area contributed by atoms with Crippen molar-refractivity contribution in [3.63, 3.8) is 0 Å². The number of methoxy groups -OCH3 is 1. The normalized spacial score (nSPS) is 15.1. The first kappa shape index (κ1) is 22.1. The molecule has 1 aliphatic heterocycles. The number of H-pyrrole nitrogens is 1. The van der Waals surface area contributed by atoms with Gasteiger partial charge in [-0.3, -0.25) is 14.7 Å². The van der Waals surface area contributed by atoms with Gasteiger partial charge in [0.15, 0.2) is 5.82 Å². The van der Waals surface area contributed by atoms with Crippen LogP contribution >= 0.6 is 0 Å². The minimum atomic E-state index is -0.154. The average molecular weight is 436 g/mol. The average Bonchev–Trinajstić information content (AvgIpc) is 2.83. The highest BCUT2D eigenvalue weighted by atomic mass is 16.5. The number of rotatable bonds is 8. The second kappa shape index (κ2) is 10.5. The van der Waals surface area contributed by atoms with Gasteiger partial charge in [-0.25, -0.2) is 9.97 Å². The highest BCUT2D eigenvalue weighted by molar-refractivity contribution is 5.46. The number of likely N-dealkylation sites (tertiary alicyclic amines) is 1. The molecule has 1 fully saturated rings. The lowest BCUT2D eigenvalue weighted by Gasteiger charge is -2.31. The molecule has 168 valence electrons. The van der Waals surface area contributed by atoms with E-state index in [1.165, 1.54) is 5.56 Å². The topological polar surface area (TPSA) is 93.2 Å². The predicted octanol–water partition coefficient (Wildman–Crippen LogP) is 3.15. The summed E-state index contributed by atoms with van der Waals surface area (Å²) in [5.41, 5.74) is 3.58. The van der Waals surface area contributed by atoms with E-state index in [2.05, 4.69) is 32.0 Å². The summed E-state index contributed by atoms with van der Waals surface area (Å²) >= 11 is 0. The Bertz CT molecular complexity index is 1080. The first-order chi connectivity index (χ1) is 15.7. The van der Waals surface area contributed by atoms with Crippen LogP contribution < -0.4 is 10.3 Å². The number of ether oxygens (including phenoxy) is 2. The minimum absolute atomic E-state index is 0.154. The third kappa shape index (κ3) is 5.38. The van der Waals surface area contributed by atoms with Crippen LogP contribution in [-0.4, -0.2) is 51.6 Å². The molecule has 2 aromatic heterocycles. The van der Waals surface area contributed by atoms with Gasteiger partial charge in [-0.2, -0.15) is 0 Å². The van der Waals surface area contributed by atoms with Crippen LogP contribution in [-0.2, 0) is 17.9 Å². The maximum atomic E-state index is 12.2. The summed E-state index contributed by atoms with van der Waals surface area (Å²) in [5, 5.41) is 0. The van der Waals surface area contributed by atoms with Crippen LogP contribution in [0, 0.1) is 0 Å². The SMILES string of the molecule is CCOCc1cc(CN2CCC(c3cc(=O)[nH]c(-c4cnccn4)n3)CC2)ccc1OC. The van der Waals surface area contributed by atoms with Crippen molar-refractivity contribution in [2.75, 3.05) is 26.8 Å². The van der Waals surface area contributed by atoms with Gasteiger partial charge >= 0.3 is 0 Å². The van der Waals surface area contributed by atoms with Crippen molar-refractivity contribution in [2.45, 2.75) is 38.8 Å². The third-order valence-electron chi connectivity index (χ3n) is 5.79. The summed E-state index contributed by atoms with van der Waals surface area (Å²) in [6.45, 7) is 6.00. The number of aromatic amines is 1. The number of aromatic nitrogens is 4. The van der Waals surface area contributed by atoms with Crippen molar-refractivity contribution in [3.8, 4) is 17.3 Å². The number of nitrogens with one attached hydrogen (secondary N) is 1. The van der Waals surface area contributed by atoms with Crippen molar-refractivity contribution < 1.29 is 9.47 Å². The van der Waals surface area contributed by atoms with E-state index in [-0.39, 0.29) is 11.5 Å². The number of hydrogen-bond donors (Lipinski definition) is 1. The highest BCUT2D eigenvalue weighted by Crippen LogP contribution is 2.28. The molecule has 4 rings (SSSR count). The van der Waals surface area contributed by atoms with Gasteiger partial charge in [0, 0.05) is 43.1 Å². The van der Waals surface area contributed by atoms with E-state index in [4.69, 9.17) is 14.5 Å². The van der Waals surface area contributed by atoms with Crippen molar-refractivity contribution in [2.24, 2.45) is 0 Å². The molecular weight excluding hydrogens is 406 g/mol. The lowest BCUT2D eigenvalue weighted by atomic mass is 9.93. The van der Waals surface area contributed by atoms with Crippen LogP contribution in [0.25, 0.3) is 11.5 Å². The van der Waals surface area contributed by atoms with Crippen molar-refractivity contribution >= 4 is 0 Å². The standard InChI is InChI=1S/C24H29N5O3/c1-3-32-16-19-12-17(4-5-22(19)31-2)15-29-10-6-18(7-11-29)20-13-23(30)28-24(27-20)21-14-25-8-9-26-21/h4-5,8-9,12-14,18H,3,6-7,10-11,15-16H2,1-2H3,(H,27,28,30). The fourth-order valence-electron chi connectivity index (χ4n) is 4.13. The first-order valence-electron chi connectivity index (χ1n) is 11.0. The lowest BCUT2D eigenvalue weighted by molar-refractivity contribution is 0.131. The monoisotopic (exact) mass is 435 g/mol. The van der Waals surface area contributed by atoms with Crippen molar-refractivity contribution in [3.05, 3.63) is 70.0 Å². The lowest BCUT2D eigenvalue weighted by Crippen LogP contribution is -2.33. The summed E-state index contributed by atoms with van der Waals surface area (Å²) in [5.74, 6) is 1.59. The number of nitrogens with zero attached hydrogens (tertiary/aromatic N) is 4. The van der Waals surface area contributed by atoms with Crippen LogP contribution in [0.15, 0.2) is 47.7 Å². The second-order valence-electron chi connectivity index (χ2n) is 7.94. The Hall–Kier alpha value is -3.10. The maximum Gasteiger partial charge on any atom is 0.251 e. The minimum Gasteiger partial charge on any atom is -0.496 e. The first-order valence-corrected chi connectivity index (χ1v) is 11.0. The molecule has 1 saturated heterocycles. The fourth-order valence-corrected chi connectivity index (χ4v) is 4.13. The van der Waals surface area contributed by atoms with Crippen LogP contribution in [0.1, 0.15) is 42.5 Å². The van der Waals surface area contributed by atoms with Crippen LogP contribution in [0.3, 0.4) is 0 Å². The van der Waals surface area contributed by atoms with Gasteiger partial charge < -0.3 is 14.5 Å². The maximum absolute atomic E-state index is 12.2. The molecular formula is C24H29N5O3. The molecule has 3 aromatic rings. The van der Waals surface area contributed by atoms with Gasteiger partial charge in [0.2, 0.25) is 0 Å². The zero-order valence-corrected chi connectivity index (χ0v) is 18.6. The summed E-state index contributed by atoms with van der Waals surface area (Å²) in [6.07, 6.45) is 6.72. The van der Waals surface area contributed by atoms with Crippen molar-refractivity contribution in [1.82, 2.24) is 24.8 Å². The Morgan fingerprint density at radius 3 is 2.75 bits per heavy atom. The molecule has 0 unspecified atom stereocenters. The fraction of sp³-hybridized carbons (Fsp3) is 0.417. The largest absolute Gasteiger partial charge is 0.496 e. The van der Waals surface area contributed by atoms with Gasteiger partial charge in [0.25, 0.3) is 5.56 Å². The van der Waals surface area contributed by atoms with E-state index in [9.17, 15) is 4.79 Å². The number of benzene rings is 1. The molecule has 1 N–H and O–H groups in total. The molecule has 0 aliphatic carbocycles. The molecule has 3 heterocycles. The van der Waals surface area contributed by atoms with E-state index >= 15 is 0 Å². The van der Waals surface area contributed by atoms with Gasteiger partial charge in [-0.05, 0) is 50.6 Å². The van der Waals surface area contributed by atoms with Crippen LogP contribution in [0.4, 0.5) is 0 Å². The highest BCUT2D eigenvalue weighted by Gasteiger charge is 2.23. The predicted molar refractivity (Wildman–Crippen MR) is 121 cm³/mol. The molecule has 0 saturated carbocycles. The molecule has 8 heteroatoms. The molecule has 1 aromatic carbocycles. The van der Waals surface area contributed by atoms with Gasteiger partial charge in [0.05, 0.1) is 25.6 Å². The molecule has 0 bridgehead atoms. The summed E-state index contributed by atoms with van der Waals surface area (Å²) in [7, 11) is 1.69.